The number of alkyl halides is 3. The molecule has 4 heterocycles. The lowest BCUT2D eigenvalue weighted by Crippen LogP contribution is -2.65. The summed E-state index contributed by atoms with van der Waals surface area (Å²) in [7, 11) is 0. The second-order valence-corrected chi connectivity index (χ2v) is 13.0. The fraction of sp³-hybridized carbons (Fsp3) is 0.741. The van der Waals surface area contributed by atoms with E-state index in [-0.39, 0.29) is 51.0 Å². The Hall–Kier alpha value is -3.32. The molecular weight excluding hydrogens is 547 g/mol. The number of carbonyl (C=O) groups excluding carboxylic acids is 3. The summed E-state index contributed by atoms with van der Waals surface area (Å²) in [6.07, 6.45) is -0.930. The Morgan fingerprint density at radius 2 is 1.63 bits per heavy atom. The Bertz CT molecular complexity index is 1220. The molecule has 226 valence electrons. The van der Waals surface area contributed by atoms with E-state index in [0.29, 0.717) is 25.2 Å². The van der Waals surface area contributed by atoms with Gasteiger partial charge in [0.2, 0.25) is 5.91 Å². The van der Waals surface area contributed by atoms with Crippen LogP contribution in [0.1, 0.15) is 56.8 Å². The Kier molecular flexibility index (Phi) is 7.05. The van der Waals surface area contributed by atoms with Gasteiger partial charge in [-0.3, -0.25) is 19.1 Å². The molecule has 0 aromatic carbocycles. The fourth-order valence-corrected chi connectivity index (χ4v) is 6.33. The zero-order chi connectivity index (χ0) is 30.0. The summed E-state index contributed by atoms with van der Waals surface area (Å²) in [6, 6.07) is 0. The highest BCUT2D eigenvalue weighted by molar-refractivity contribution is 5.95. The quantitative estimate of drug-likeness (QED) is 0.565. The minimum Gasteiger partial charge on any atom is -0.481 e. The Labute approximate surface area is 235 Å². The van der Waals surface area contributed by atoms with Crippen LogP contribution in [-0.2, 0) is 20.9 Å². The molecule has 0 radical (unpaired) electrons. The van der Waals surface area contributed by atoms with Crippen molar-refractivity contribution in [3.63, 3.8) is 0 Å². The third kappa shape index (κ3) is 5.49. The zero-order valence-corrected chi connectivity index (χ0v) is 23.4. The predicted octanol–water partition coefficient (Wildman–Crippen LogP) is 2.86. The van der Waals surface area contributed by atoms with Crippen LogP contribution in [0.25, 0.3) is 0 Å². The second-order valence-electron chi connectivity index (χ2n) is 13.0. The normalized spacial score (nSPS) is 23.9. The van der Waals surface area contributed by atoms with E-state index in [1.54, 1.807) is 15.8 Å². The lowest BCUT2D eigenvalue weighted by molar-refractivity contribution is -0.206. The second kappa shape index (κ2) is 9.90. The number of aromatic nitrogens is 2. The number of carboxylic acid groups (broad SMARTS) is 1. The Morgan fingerprint density at radius 1 is 1.02 bits per heavy atom. The minimum atomic E-state index is -4.63. The molecule has 3 amide bonds. The van der Waals surface area contributed by atoms with E-state index in [0.717, 1.165) is 17.7 Å². The average molecular weight is 584 g/mol. The van der Waals surface area contributed by atoms with Crippen LogP contribution in [0.15, 0.2) is 12.4 Å². The average Bonchev–Trinajstić information content (AvgIpc) is 3.39. The number of amides is 3. The van der Waals surface area contributed by atoms with Gasteiger partial charge in [0.05, 0.1) is 17.7 Å². The van der Waals surface area contributed by atoms with Crippen LogP contribution in [0.5, 0.6) is 0 Å². The summed E-state index contributed by atoms with van der Waals surface area (Å²) >= 11 is 0. The predicted molar refractivity (Wildman–Crippen MR) is 137 cm³/mol. The van der Waals surface area contributed by atoms with Gasteiger partial charge in [-0.05, 0) is 52.4 Å². The molecule has 1 spiro atoms. The van der Waals surface area contributed by atoms with Crippen molar-refractivity contribution in [2.45, 2.75) is 64.8 Å². The van der Waals surface area contributed by atoms with Gasteiger partial charge in [-0.15, -0.1) is 0 Å². The molecule has 4 fully saturated rings. The molecule has 1 N–H and O–H groups in total. The van der Waals surface area contributed by atoms with E-state index in [1.165, 1.54) is 11.1 Å². The van der Waals surface area contributed by atoms with E-state index in [2.05, 4.69) is 5.10 Å². The summed E-state index contributed by atoms with van der Waals surface area (Å²) in [5.74, 6) is -3.28. The highest BCUT2D eigenvalue weighted by Gasteiger charge is 2.71. The van der Waals surface area contributed by atoms with Crippen molar-refractivity contribution in [3.05, 3.63) is 18.0 Å². The molecule has 11 nitrogen and oxygen atoms in total. The van der Waals surface area contributed by atoms with Crippen molar-refractivity contribution in [2.75, 3.05) is 39.3 Å². The number of rotatable bonds is 5. The van der Waals surface area contributed by atoms with Crippen LogP contribution >= 0.6 is 0 Å². The number of carboxylic acids is 1. The van der Waals surface area contributed by atoms with Gasteiger partial charge >= 0.3 is 18.2 Å². The van der Waals surface area contributed by atoms with Gasteiger partial charge < -0.3 is 24.5 Å². The van der Waals surface area contributed by atoms with Crippen LogP contribution in [0.2, 0.25) is 0 Å². The summed E-state index contributed by atoms with van der Waals surface area (Å²) in [5, 5.41) is 14.1. The lowest BCUT2D eigenvalue weighted by atomic mass is 9.71. The van der Waals surface area contributed by atoms with Crippen molar-refractivity contribution >= 4 is 23.9 Å². The Balaban J connectivity index is 1.16. The molecule has 3 aliphatic heterocycles. The van der Waals surface area contributed by atoms with Gasteiger partial charge in [-0.2, -0.15) is 18.3 Å². The third-order valence-corrected chi connectivity index (χ3v) is 8.83. The highest BCUT2D eigenvalue weighted by atomic mass is 19.4. The first-order chi connectivity index (χ1) is 19.0. The van der Waals surface area contributed by atoms with Gasteiger partial charge in [0.1, 0.15) is 11.0 Å². The first-order valence-electron chi connectivity index (χ1n) is 13.9. The molecule has 1 saturated carbocycles. The van der Waals surface area contributed by atoms with Crippen LogP contribution < -0.4 is 0 Å². The van der Waals surface area contributed by atoms with Crippen molar-refractivity contribution in [1.82, 2.24) is 24.5 Å². The molecule has 1 atom stereocenters. The van der Waals surface area contributed by atoms with Crippen molar-refractivity contribution < 1.29 is 42.2 Å². The van der Waals surface area contributed by atoms with E-state index >= 15 is 0 Å². The molecule has 0 unspecified atom stereocenters. The number of aliphatic carboxylic acids is 1. The molecule has 3 saturated heterocycles. The van der Waals surface area contributed by atoms with E-state index in [1.807, 2.05) is 20.8 Å². The van der Waals surface area contributed by atoms with Gasteiger partial charge in [0.25, 0.3) is 5.91 Å². The maximum Gasteiger partial charge on any atom is 0.410 e. The molecule has 0 bridgehead atoms. The zero-order valence-electron chi connectivity index (χ0n) is 23.4. The molecular formula is C27H36F3N5O6. The first-order valence-corrected chi connectivity index (χ1v) is 13.9. The highest BCUT2D eigenvalue weighted by Crippen LogP contribution is 2.60. The number of nitrogens with zero attached hydrogens (tertiary/aromatic N) is 5. The SMILES string of the molecule is CC(C)(C)OC(=O)N1CCC(Cn2cc(C(=O)N3C[C@@H](C(=O)O)C4(C3)CN(C(=O)C3(C(F)(F)F)CC3)C4)cn2)CC1. The topological polar surface area (TPSA) is 125 Å². The van der Waals surface area contributed by atoms with E-state index in [4.69, 9.17) is 4.74 Å². The number of carbonyl (C=O) groups is 4. The van der Waals surface area contributed by atoms with Gasteiger partial charge in [-0.1, -0.05) is 0 Å². The fourth-order valence-electron chi connectivity index (χ4n) is 6.33. The van der Waals surface area contributed by atoms with Crippen LogP contribution in [-0.4, -0.2) is 105 Å². The molecule has 14 heteroatoms. The number of likely N-dealkylation sites (tertiary alicyclic amines) is 3. The standard InChI is InChI=1S/C27H36F3N5O6/c1-24(2,3)41-23(40)32-8-4-17(5-9-32)11-35-12-18(10-31-35)20(36)33-13-19(21(37)38)25(14-33)15-34(16-25)22(39)26(6-7-26)27(28,29)30/h10,12,17,19H,4-9,11,13-16H2,1-3H3,(H,37,38)/t19-/m0/s1. The number of piperidine rings is 1. The maximum absolute atomic E-state index is 13.4. The molecule has 5 rings (SSSR count). The smallest absolute Gasteiger partial charge is 0.410 e. The third-order valence-electron chi connectivity index (χ3n) is 8.83. The van der Waals surface area contributed by atoms with Gasteiger partial charge in [0.15, 0.2) is 0 Å². The van der Waals surface area contributed by atoms with Crippen molar-refractivity contribution in [2.24, 2.45) is 22.7 Å². The van der Waals surface area contributed by atoms with Crippen LogP contribution in [0.3, 0.4) is 0 Å². The minimum absolute atomic E-state index is 0.0416. The first kappa shape index (κ1) is 29.2. The molecule has 41 heavy (non-hydrogen) atoms. The van der Waals surface area contributed by atoms with Crippen LogP contribution in [0.4, 0.5) is 18.0 Å². The largest absolute Gasteiger partial charge is 0.481 e. The monoisotopic (exact) mass is 583 g/mol. The number of hydrogen-bond donors (Lipinski definition) is 1. The van der Waals surface area contributed by atoms with Crippen LogP contribution in [0, 0.1) is 22.7 Å². The lowest BCUT2D eigenvalue weighted by Gasteiger charge is -2.50. The number of hydrogen-bond acceptors (Lipinski definition) is 6. The summed E-state index contributed by atoms with van der Waals surface area (Å²) in [4.78, 5) is 54.4. The van der Waals surface area contributed by atoms with Gasteiger partial charge in [0, 0.05) is 57.4 Å². The number of halogens is 3. The molecule has 1 aromatic rings. The molecule has 1 aromatic heterocycles. The summed E-state index contributed by atoms with van der Waals surface area (Å²) in [6.45, 7) is 6.84. The Morgan fingerprint density at radius 3 is 2.17 bits per heavy atom. The van der Waals surface area contributed by atoms with E-state index < -0.39 is 46.3 Å². The number of ether oxygens (including phenoxy) is 1. The van der Waals surface area contributed by atoms with Gasteiger partial charge in [-0.25, -0.2) is 4.79 Å². The molecule has 1 aliphatic carbocycles. The van der Waals surface area contributed by atoms with Crippen molar-refractivity contribution in [1.29, 1.82) is 0 Å². The summed E-state index contributed by atoms with van der Waals surface area (Å²) in [5.41, 5.74) is -3.59. The van der Waals surface area contributed by atoms with E-state index in [9.17, 15) is 37.5 Å². The summed E-state index contributed by atoms with van der Waals surface area (Å²) < 4.78 is 47.4. The van der Waals surface area contributed by atoms with Crippen molar-refractivity contribution in [3.8, 4) is 0 Å². The molecule has 4 aliphatic rings. The maximum atomic E-state index is 13.4.